The number of piperidine rings is 2. The lowest BCUT2D eigenvalue weighted by atomic mass is 9.83. The number of pyridine rings is 2. The Labute approximate surface area is 228 Å². The molecule has 0 aliphatic carbocycles. The summed E-state index contributed by atoms with van der Waals surface area (Å²) < 4.78 is 31.3. The molecule has 6 rings (SSSR count). The lowest BCUT2D eigenvalue weighted by molar-refractivity contribution is -0.144. The minimum absolute atomic E-state index is 0.0138. The Kier molecular flexibility index (Phi) is 6.53. The Morgan fingerprint density at radius 2 is 2.00 bits per heavy atom. The molecule has 3 aromatic heterocycles. The number of hydrogen-bond acceptors (Lipinski definition) is 7. The Balaban J connectivity index is 1.13. The fourth-order valence-electron chi connectivity index (χ4n) is 5.82. The van der Waals surface area contributed by atoms with Gasteiger partial charge in [-0.2, -0.15) is 4.72 Å². The molecule has 1 unspecified atom stereocenters. The maximum atomic E-state index is 13.3. The molecule has 38 heavy (non-hydrogen) atoms. The molecule has 2 fully saturated rings. The highest BCUT2D eigenvalue weighted by molar-refractivity contribution is 7.91. The number of likely N-dealkylation sites (tertiary alicyclic amines) is 2. The average Bonchev–Trinajstić information content (AvgIpc) is 3.31. The van der Waals surface area contributed by atoms with Gasteiger partial charge in [-0.25, -0.2) is 13.4 Å². The Morgan fingerprint density at radius 3 is 2.84 bits per heavy atom. The molecule has 200 valence electrons. The number of amides is 2. The van der Waals surface area contributed by atoms with Crippen molar-refractivity contribution in [2.24, 2.45) is 5.92 Å². The second-order valence-electron chi connectivity index (χ2n) is 10.2. The van der Waals surface area contributed by atoms with Gasteiger partial charge in [0.05, 0.1) is 16.8 Å². The topological polar surface area (TPSA) is 122 Å². The number of carbonyl (C=O) groups excluding carboxylic acids is 2. The molecule has 0 aromatic carbocycles. The lowest BCUT2D eigenvalue weighted by Gasteiger charge is -2.43. The van der Waals surface area contributed by atoms with E-state index < -0.39 is 22.0 Å². The van der Waals surface area contributed by atoms with Crippen LogP contribution in [0.25, 0.3) is 10.2 Å². The number of fused-ring (bicyclic) bond motifs is 5. The van der Waals surface area contributed by atoms with Gasteiger partial charge in [-0.3, -0.25) is 14.4 Å². The summed E-state index contributed by atoms with van der Waals surface area (Å²) in [5.41, 5.74) is 1.41. The predicted octanol–water partition coefficient (Wildman–Crippen LogP) is 2.03. The minimum Gasteiger partial charge on any atom is -0.340 e. The molecule has 0 spiro atoms. The van der Waals surface area contributed by atoms with Gasteiger partial charge in [-0.1, -0.05) is 17.7 Å². The molecule has 10 nitrogen and oxygen atoms in total. The smallest absolute Gasteiger partial charge is 0.250 e. The molecule has 6 heterocycles. The number of rotatable bonds is 5. The third-order valence-corrected chi connectivity index (χ3v) is 10.8. The van der Waals surface area contributed by atoms with Crippen LogP contribution in [0, 0.1) is 5.92 Å². The summed E-state index contributed by atoms with van der Waals surface area (Å²) in [5.74, 6) is -0.282. The molecule has 3 atom stereocenters. The van der Waals surface area contributed by atoms with E-state index >= 15 is 0 Å². The Bertz CT molecular complexity index is 1600. The minimum atomic E-state index is -3.97. The first-order valence-electron chi connectivity index (χ1n) is 12.5. The first kappa shape index (κ1) is 25.5. The second kappa shape index (κ2) is 9.74. The first-order chi connectivity index (χ1) is 18.2. The van der Waals surface area contributed by atoms with E-state index in [2.05, 4.69) is 9.71 Å². The van der Waals surface area contributed by atoms with Crippen molar-refractivity contribution in [1.82, 2.24) is 24.1 Å². The maximum absolute atomic E-state index is 13.3. The highest BCUT2D eigenvalue weighted by Gasteiger charge is 2.38. The van der Waals surface area contributed by atoms with E-state index in [1.54, 1.807) is 29.2 Å². The molecule has 3 aromatic rings. The van der Waals surface area contributed by atoms with Gasteiger partial charge in [0.2, 0.25) is 11.8 Å². The van der Waals surface area contributed by atoms with E-state index in [1.807, 2.05) is 10.6 Å². The van der Waals surface area contributed by atoms with Gasteiger partial charge in [-0.15, -0.1) is 11.3 Å². The van der Waals surface area contributed by atoms with Crippen molar-refractivity contribution in [3.8, 4) is 0 Å². The van der Waals surface area contributed by atoms with Crippen molar-refractivity contribution in [1.29, 1.82) is 0 Å². The van der Waals surface area contributed by atoms with Crippen LogP contribution in [0.5, 0.6) is 0 Å². The number of hydrogen-bond donors (Lipinski definition) is 1. The molecule has 0 radical (unpaired) electrons. The summed E-state index contributed by atoms with van der Waals surface area (Å²) >= 11 is 6.98. The molecule has 2 saturated heterocycles. The highest BCUT2D eigenvalue weighted by atomic mass is 35.5. The van der Waals surface area contributed by atoms with Crippen molar-refractivity contribution in [3.05, 3.63) is 57.6 Å². The molecule has 13 heteroatoms. The summed E-state index contributed by atoms with van der Waals surface area (Å²) in [6.07, 6.45) is 1.87. The number of nitrogens with zero attached hydrogens (tertiary/aromatic N) is 4. The van der Waals surface area contributed by atoms with E-state index in [4.69, 9.17) is 11.6 Å². The summed E-state index contributed by atoms with van der Waals surface area (Å²) in [6, 6.07) is 9.07. The SMILES string of the molecule is O=C(CN1CCC[C@H](NS(=O)(=O)c2cc3nc(Cl)ccc3s2)C1=O)N1CC2C[C@H](C1)Cn1c2cccc1=O. The van der Waals surface area contributed by atoms with Crippen molar-refractivity contribution in [3.63, 3.8) is 0 Å². The Hall–Kier alpha value is -2.80. The van der Waals surface area contributed by atoms with Crippen LogP contribution in [0.1, 0.15) is 30.9 Å². The van der Waals surface area contributed by atoms with E-state index in [1.165, 1.54) is 11.0 Å². The van der Waals surface area contributed by atoms with E-state index in [0.29, 0.717) is 49.2 Å². The fraction of sp³-hybridized carbons (Fsp3) is 0.440. The normalized spacial score (nSPS) is 23.5. The zero-order valence-electron chi connectivity index (χ0n) is 20.4. The number of aromatic nitrogens is 2. The quantitative estimate of drug-likeness (QED) is 0.465. The van der Waals surface area contributed by atoms with Gasteiger partial charge in [0.15, 0.2) is 0 Å². The molecule has 3 aliphatic rings. The van der Waals surface area contributed by atoms with Crippen LogP contribution in [0.15, 0.2) is 45.4 Å². The van der Waals surface area contributed by atoms with Crippen LogP contribution >= 0.6 is 22.9 Å². The van der Waals surface area contributed by atoms with Crippen LogP contribution in [0.2, 0.25) is 5.15 Å². The van der Waals surface area contributed by atoms with Gasteiger partial charge in [0, 0.05) is 43.9 Å². The number of sulfonamides is 1. The standard InChI is InChI=1S/C25H26ClN5O5S2/c26-21-7-6-20-18(27-21)10-24(37-20)38(35,36)28-17-3-2-8-29(25(17)34)14-23(33)30-11-15-9-16(13-30)19-4-1-5-22(32)31(19)12-15/h1,4-7,10,15-17,28H,2-3,8-9,11-14H2/t15-,16?,17+/m1/s1. The predicted molar refractivity (Wildman–Crippen MR) is 143 cm³/mol. The van der Waals surface area contributed by atoms with Crippen LogP contribution in [-0.4, -0.2) is 71.8 Å². The monoisotopic (exact) mass is 575 g/mol. The molecule has 0 saturated carbocycles. The van der Waals surface area contributed by atoms with Gasteiger partial charge >= 0.3 is 0 Å². The van der Waals surface area contributed by atoms with Gasteiger partial charge in [0.1, 0.15) is 15.4 Å². The van der Waals surface area contributed by atoms with E-state index in [9.17, 15) is 22.8 Å². The molecule has 3 aliphatic heterocycles. The third-order valence-electron chi connectivity index (χ3n) is 7.57. The van der Waals surface area contributed by atoms with Crippen LogP contribution < -0.4 is 10.3 Å². The average molecular weight is 576 g/mol. The maximum Gasteiger partial charge on any atom is 0.250 e. The van der Waals surface area contributed by atoms with Gasteiger partial charge in [-0.05, 0) is 49.4 Å². The summed E-state index contributed by atoms with van der Waals surface area (Å²) in [7, 11) is -3.97. The molecule has 2 bridgehead atoms. The summed E-state index contributed by atoms with van der Waals surface area (Å²) in [4.78, 5) is 46.2. The highest BCUT2D eigenvalue weighted by Crippen LogP contribution is 2.35. The van der Waals surface area contributed by atoms with Crippen LogP contribution in [0.3, 0.4) is 0 Å². The summed E-state index contributed by atoms with van der Waals surface area (Å²) in [5, 5.41) is 0.269. The number of thiophene rings is 1. The number of carbonyl (C=O) groups is 2. The van der Waals surface area contributed by atoms with Crippen LogP contribution in [-0.2, 0) is 26.2 Å². The van der Waals surface area contributed by atoms with E-state index in [-0.39, 0.29) is 39.2 Å². The van der Waals surface area contributed by atoms with Crippen molar-refractivity contribution in [2.75, 3.05) is 26.2 Å². The Morgan fingerprint density at radius 1 is 1.16 bits per heavy atom. The first-order valence-corrected chi connectivity index (χ1v) is 15.2. The van der Waals surface area contributed by atoms with Gasteiger partial charge in [0.25, 0.3) is 15.6 Å². The van der Waals surface area contributed by atoms with Gasteiger partial charge < -0.3 is 14.4 Å². The van der Waals surface area contributed by atoms with Crippen molar-refractivity contribution in [2.45, 2.75) is 42.0 Å². The largest absolute Gasteiger partial charge is 0.340 e. The number of halogens is 1. The molecule has 2 amide bonds. The zero-order valence-corrected chi connectivity index (χ0v) is 22.8. The molecule has 1 N–H and O–H groups in total. The van der Waals surface area contributed by atoms with Crippen LogP contribution in [0.4, 0.5) is 0 Å². The van der Waals surface area contributed by atoms with E-state index in [0.717, 1.165) is 23.5 Å². The fourth-order valence-corrected chi connectivity index (χ4v) is 8.54. The third kappa shape index (κ3) is 4.74. The molecular weight excluding hydrogens is 550 g/mol. The van der Waals surface area contributed by atoms with Crippen molar-refractivity contribution >= 4 is 55.0 Å². The molecular formula is C25H26ClN5O5S2. The zero-order chi connectivity index (χ0) is 26.6. The summed E-state index contributed by atoms with van der Waals surface area (Å²) in [6.45, 7) is 1.93. The van der Waals surface area contributed by atoms with Crippen molar-refractivity contribution < 1.29 is 18.0 Å². The number of nitrogens with one attached hydrogen (secondary N) is 1. The lowest BCUT2D eigenvalue weighted by Crippen LogP contribution is -2.56. The second-order valence-corrected chi connectivity index (χ2v) is 13.6.